The number of imidazole rings is 2. The van der Waals surface area contributed by atoms with Crippen LogP contribution < -0.4 is 11.5 Å². The van der Waals surface area contributed by atoms with E-state index in [0.29, 0.717) is 11.7 Å². The first-order valence-electron chi connectivity index (χ1n) is 10.1. The molecule has 0 saturated heterocycles. The molecule has 6 N–H and O–H groups in total. The minimum Gasteiger partial charge on any atom is -0.384 e. The lowest BCUT2D eigenvalue weighted by molar-refractivity contribution is 1.32. The van der Waals surface area contributed by atoms with Crippen LogP contribution in [0.5, 0.6) is 0 Å². The monoisotopic (exact) mass is 422 g/mol. The number of nitrogens with zero attached hydrogens (tertiary/aromatic N) is 4. The normalized spacial score (nSPS) is 12.7. The topological polar surface area (TPSA) is 134 Å². The summed E-state index contributed by atoms with van der Waals surface area (Å²) in [6.07, 6.45) is 0. The van der Waals surface area contributed by atoms with Gasteiger partial charge in [-0.15, -0.1) is 0 Å². The molecule has 32 heavy (non-hydrogen) atoms. The molecule has 0 bridgehead atoms. The van der Waals surface area contributed by atoms with Gasteiger partial charge in [0.2, 0.25) is 0 Å². The number of hydrogen-bond acceptors (Lipinski definition) is 4. The molecule has 2 heterocycles. The smallest absolute Gasteiger partial charge is 0.138 e. The van der Waals surface area contributed by atoms with Gasteiger partial charge in [-0.2, -0.15) is 0 Å². The highest BCUT2D eigenvalue weighted by Crippen LogP contribution is 2.26. The molecule has 0 radical (unpaired) electrons. The largest absolute Gasteiger partial charge is 0.384 e. The van der Waals surface area contributed by atoms with E-state index in [2.05, 4.69) is 20.0 Å². The number of H-pyrrole nitrogens is 2. The molecule has 5 aromatic rings. The molecule has 0 spiro atoms. The van der Waals surface area contributed by atoms with Gasteiger partial charge in [-0.3, -0.25) is 9.98 Å². The number of amidine groups is 2. The first kappa shape index (κ1) is 19.5. The Bertz CT molecular complexity index is 1390. The molecular weight excluding hydrogens is 400 g/mol. The fraction of sp³-hybridized carbons (Fsp3) is 0.0833. The van der Waals surface area contributed by atoms with Crippen LogP contribution in [0.4, 0.5) is 0 Å². The van der Waals surface area contributed by atoms with Crippen molar-refractivity contribution in [3.05, 3.63) is 71.8 Å². The van der Waals surface area contributed by atoms with Gasteiger partial charge in [-0.05, 0) is 36.4 Å². The van der Waals surface area contributed by atoms with Crippen LogP contribution in [-0.4, -0.2) is 45.7 Å². The number of fused-ring (bicyclic) bond motifs is 2. The number of benzene rings is 3. The highest BCUT2D eigenvalue weighted by molar-refractivity contribution is 6.01. The third-order valence-corrected chi connectivity index (χ3v) is 5.47. The van der Waals surface area contributed by atoms with Gasteiger partial charge in [-0.1, -0.05) is 24.3 Å². The average molecular weight is 422 g/mol. The highest BCUT2D eigenvalue weighted by atomic mass is 14.9. The number of aromatic nitrogens is 4. The van der Waals surface area contributed by atoms with Gasteiger partial charge < -0.3 is 21.4 Å². The Labute approximate surface area is 184 Å². The fourth-order valence-electron chi connectivity index (χ4n) is 3.66. The van der Waals surface area contributed by atoms with Crippen LogP contribution >= 0.6 is 0 Å². The number of nitrogens with two attached hydrogens (primary N) is 2. The maximum atomic E-state index is 5.93. The van der Waals surface area contributed by atoms with Crippen LogP contribution in [0.1, 0.15) is 11.1 Å². The number of rotatable bonds is 4. The number of aromatic amines is 2. The van der Waals surface area contributed by atoms with E-state index in [1.165, 1.54) is 0 Å². The van der Waals surface area contributed by atoms with Crippen LogP contribution in [-0.2, 0) is 0 Å². The number of aliphatic imine (C=N–C) groups is 2. The Morgan fingerprint density at radius 2 is 1.06 bits per heavy atom. The van der Waals surface area contributed by atoms with Crippen molar-refractivity contribution in [3.63, 3.8) is 0 Å². The zero-order chi connectivity index (χ0) is 22.2. The molecule has 2 aromatic heterocycles. The van der Waals surface area contributed by atoms with Crippen molar-refractivity contribution < 1.29 is 0 Å². The lowest BCUT2D eigenvalue weighted by Gasteiger charge is -2.00. The maximum absolute atomic E-state index is 5.93. The summed E-state index contributed by atoms with van der Waals surface area (Å²) >= 11 is 0. The first-order chi connectivity index (χ1) is 15.6. The Morgan fingerprint density at radius 3 is 1.44 bits per heavy atom. The van der Waals surface area contributed by atoms with Gasteiger partial charge in [0.15, 0.2) is 0 Å². The molecule has 0 amide bonds. The maximum Gasteiger partial charge on any atom is 0.138 e. The van der Waals surface area contributed by atoms with Crippen LogP contribution in [0.15, 0.2) is 70.6 Å². The Hall–Kier alpha value is -4.46. The van der Waals surface area contributed by atoms with Gasteiger partial charge in [0.25, 0.3) is 0 Å². The van der Waals surface area contributed by atoms with Crippen molar-refractivity contribution in [2.75, 3.05) is 14.1 Å². The lowest BCUT2D eigenvalue weighted by Crippen LogP contribution is -2.12. The van der Waals surface area contributed by atoms with E-state index in [1.807, 2.05) is 60.7 Å². The Balaban J connectivity index is 1.46. The summed E-state index contributed by atoms with van der Waals surface area (Å²) in [5.74, 6) is 2.57. The van der Waals surface area contributed by atoms with Crippen molar-refractivity contribution in [1.29, 1.82) is 0 Å². The van der Waals surface area contributed by atoms with E-state index in [0.717, 1.165) is 56.0 Å². The Kier molecular flexibility index (Phi) is 4.67. The van der Waals surface area contributed by atoms with Gasteiger partial charge in [0, 0.05) is 36.3 Å². The molecule has 0 aliphatic rings. The van der Waals surface area contributed by atoms with Crippen molar-refractivity contribution in [2.45, 2.75) is 0 Å². The van der Waals surface area contributed by atoms with E-state index in [9.17, 15) is 0 Å². The van der Waals surface area contributed by atoms with E-state index < -0.39 is 0 Å². The standard InChI is InChI=1S/C24H22N8/c1-27-21(25)15-7-9-17-19(11-15)31-23(29-17)13-3-5-14(6-4-13)24-30-18-10-8-16(22(26)28-2)12-20(18)32-24/h3-12H,1-2H3,(H2,25,27)(H2,26,28)(H,29,31)(H,30,32). The fourth-order valence-corrected chi connectivity index (χ4v) is 3.66. The number of hydrogen-bond donors (Lipinski definition) is 4. The van der Waals surface area contributed by atoms with E-state index in [-0.39, 0.29) is 0 Å². The summed E-state index contributed by atoms with van der Waals surface area (Å²) in [5.41, 5.74) is 19.1. The van der Waals surface area contributed by atoms with Crippen molar-refractivity contribution in [2.24, 2.45) is 21.5 Å². The van der Waals surface area contributed by atoms with Crippen molar-refractivity contribution in [1.82, 2.24) is 19.9 Å². The highest BCUT2D eigenvalue weighted by Gasteiger charge is 2.10. The van der Waals surface area contributed by atoms with Gasteiger partial charge in [0.05, 0.1) is 22.1 Å². The predicted octanol–water partition coefficient (Wildman–Crippen LogP) is 3.44. The average Bonchev–Trinajstić information content (AvgIpc) is 3.46. The second-order valence-corrected chi connectivity index (χ2v) is 7.43. The molecule has 8 nitrogen and oxygen atoms in total. The number of nitrogens with one attached hydrogen (secondary N) is 2. The summed E-state index contributed by atoms with van der Waals surface area (Å²) in [7, 11) is 3.35. The van der Waals surface area contributed by atoms with Crippen LogP contribution in [0.25, 0.3) is 44.8 Å². The SMILES string of the molecule is CN=C(N)c1ccc2nc(-c3ccc(-c4nc5ccc(C(N)=NC)cc5[nH]4)cc3)[nH]c2c1. The molecule has 0 fully saturated rings. The lowest BCUT2D eigenvalue weighted by atomic mass is 10.1. The molecular formula is C24H22N8. The quantitative estimate of drug-likeness (QED) is 0.261. The summed E-state index contributed by atoms with van der Waals surface area (Å²) in [6, 6.07) is 19.7. The zero-order valence-corrected chi connectivity index (χ0v) is 17.7. The van der Waals surface area contributed by atoms with E-state index in [1.54, 1.807) is 14.1 Å². The molecule has 8 heteroatoms. The van der Waals surface area contributed by atoms with Crippen molar-refractivity contribution in [3.8, 4) is 22.8 Å². The molecule has 0 atom stereocenters. The van der Waals surface area contributed by atoms with Gasteiger partial charge >= 0.3 is 0 Å². The summed E-state index contributed by atoms with van der Waals surface area (Å²) in [5, 5.41) is 0. The second kappa shape index (κ2) is 7.66. The minimum atomic E-state index is 0.495. The van der Waals surface area contributed by atoms with Crippen molar-refractivity contribution >= 4 is 33.7 Å². The molecule has 0 aliphatic heterocycles. The summed E-state index contributed by atoms with van der Waals surface area (Å²) < 4.78 is 0. The minimum absolute atomic E-state index is 0.495. The molecule has 158 valence electrons. The molecule has 0 saturated carbocycles. The molecule has 3 aromatic carbocycles. The first-order valence-corrected chi connectivity index (χ1v) is 10.1. The second-order valence-electron chi connectivity index (χ2n) is 7.43. The van der Waals surface area contributed by atoms with Crippen LogP contribution in [0.3, 0.4) is 0 Å². The summed E-state index contributed by atoms with van der Waals surface area (Å²) in [4.78, 5) is 24.2. The van der Waals surface area contributed by atoms with E-state index >= 15 is 0 Å². The third-order valence-electron chi connectivity index (χ3n) is 5.47. The summed E-state index contributed by atoms with van der Waals surface area (Å²) in [6.45, 7) is 0. The van der Waals surface area contributed by atoms with Crippen LogP contribution in [0, 0.1) is 0 Å². The van der Waals surface area contributed by atoms with Gasteiger partial charge in [-0.25, -0.2) is 9.97 Å². The molecule has 0 unspecified atom stereocenters. The molecule has 0 aliphatic carbocycles. The van der Waals surface area contributed by atoms with Gasteiger partial charge in [0.1, 0.15) is 23.3 Å². The Morgan fingerprint density at radius 1 is 0.656 bits per heavy atom. The van der Waals surface area contributed by atoms with E-state index in [4.69, 9.17) is 21.4 Å². The molecule has 5 rings (SSSR count). The third kappa shape index (κ3) is 3.37. The predicted molar refractivity (Wildman–Crippen MR) is 130 cm³/mol. The zero-order valence-electron chi connectivity index (χ0n) is 17.7. The van der Waals surface area contributed by atoms with Crippen LogP contribution in [0.2, 0.25) is 0 Å².